The molecule has 1 N–H and O–H groups in total. The largest absolute Gasteiger partial charge is 0.461 e. The minimum Gasteiger partial charge on any atom is -0.461 e. The fourth-order valence-electron chi connectivity index (χ4n) is 1.68. The second-order valence-electron chi connectivity index (χ2n) is 4.47. The Morgan fingerprint density at radius 3 is 2.67 bits per heavy atom. The van der Waals surface area contributed by atoms with Crippen molar-refractivity contribution < 1.29 is 14.3 Å². The SMILES string of the molecule is CCOC(=O)c1csc(NC(=O)Cc2ccc(C)cc2)n1. The van der Waals surface area contributed by atoms with Crippen molar-refractivity contribution in [2.45, 2.75) is 20.3 Å². The number of nitrogens with zero attached hydrogens (tertiary/aromatic N) is 1. The van der Waals surface area contributed by atoms with E-state index in [1.807, 2.05) is 31.2 Å². The maximum atomic E-state index is 11.9. The number of aryl methyl sites for hydroxylation is 1. The minimum absolute atomic E-state index is 0.163. The van der Waals surface area contributed by atoms with Gasteiger partial charge >= 0.3 is 5.97 Å². The van der Waals surface area contributed by atoms with E-state index in [1.54, 1.807) is 12.3 Å². The van der Waals surface area contributed by atoms with Crippen LogP contribution in [-0.4, -0.2) is 23.5 Å². The van der Waals surface area contributed by atoms with Crippen LogP contribution in [0.5, 0.6) is 0 Å². The highest BCUT2D eigenvalue weighted by atomic mass is 32.1. The van der Waals surface area contributed by atoms with Crippen molar-refractivity contribution in [2.24, 2.45) is 0 Å². The molecule has 1 aromatic carbocycles. The molecule has 2 aromatic rings. The molecule has 6 heteroatoms. The Morgan fingerprint density at radius 1 is 1.29 bits per heavy atom. The van der Waals surface area contributed by atoms with Crippen molar-refractivity contribution in [3.8, 4) is 0 Å². The average Bonchev–Trinajstić information content (AvgIpc) is 2.90. The molecular formula is C15H16N2O3S. The maximum absolute atomic E-state index is 11.9. The molecule has 5 nitrogen and oxygen atoms in total. The number of benzene rings is 1. The Bertz CT molecular complexity index is 635. The molecule has 1 heterocycles. The van der Waals surface area contributed by atoms with E-state index >= 15 is 0 Å². The van der Waals surface area contributed by atoms with Gasteiger partial charge in [0.1, 0.15) is 0 Å². The van der Waals surface area contributed by atoms with E-state index < -0.39 is 5.97 Å². The second kappa shape index (κ2) is 6.99. The normalized spacial score (nSPS) is 10.2. The van der Waals surface area contributed by atoms with E-state index in [0.717, 1.165) is 11.1 Å². The number of nitrogens with one attached hydrogen (secondary N) is 1. The Balaban J connectivity index is 1.93. The molecule has 0 unspecified atom stereocenters. The van der Waals surface area contributed by atoms with Crippen molar-refractivity contribution in [2.75, 3.05) is 11.9 Å². The highest BCUT2D eigenvalue weighted by Gasteiger charge is 2.13. The summed E-state index contributed by atoms with van der Waals surface area (Å²) in [5.74, 6) is -0.642. The van der Waals surface area contributed by atoms with Gasteiger partial charge in [0.2, 0.25) is 5.91 Å². The lowest BCUT2D eigenvalue weighted by Crippen LogP contribution is -2.14. The van der Waals surface area contributed by atoms with Crippen LogP contribution >= 0.6 is 11.3 Å². The standard InChI is InChI=1S/C15H16N2O3S/c1-3-20-14(19)12-9-21-15(16-12)17-13(18)8-11-6-4-10(2)5-7-11/h4-7,9H,3,8H2,1-2H3,(H,16,17,18). The molecular weight excluding hydrogens is 288 g/mol. The first-order valence-corrected chi connectivity index (χ1v) is 7.44. The summed E-state index contributed by atoms with van der Waals surface area (Å²) in [6.45, 7) is 4.02. The Hall–Kier alpha value is -2.21. The van der Waals surface area contributed by atoms with E-state index in [-0.39, 0.29) is 18.0 Å². The zero-order chi connectivity index (χ0) is 15.2. The van der Waals surface area contributed by atoms with Crippen LogP contribution in [0.2, 0.25) is 0 Å². The third kappa shape index (κ3) is 4.39. The lowest BCUT2D eigenvalue weighted by Gasteiger charge is -2.02. The smallest absolute Gasteiger partial charge is 0.357 e. The van der Waals surface area contributed by atoms with Crippen LogP contribution in [0.1, 0.15) is 28.5 Å². The quantitative estimate of drug-likeness (QED) is 0.862. The Labute approximate surface area is 127 Å². The molecule has 0 aliphatic carbocycles. The highest BCUT2D eigenvalue weighted by Crippen LogP contribution is 2.16. The van der Waals surface area contributed by atoms with Crippen molar-refractivity contribution >= 4 is 28.3 Å². The number of amides is 1. The average molecular weight is 304 g/mol. The van der Waals surface area contributed by atoms with Gasteiger partial charge in [0.25, 0.3) is 0 Å². The molecule has 1 amide bonds. The van der Waals surface area contributed by atoms with Crippen LogP contribution in [-0.2, 0) is 16.0 Å². The summed E-state index contributed by atoms with van der Waals surface area (Å²) in [5.41, 5.74) is 2.30. The number of hydrogen-bond acceptors (Lipinski definition) is 5. The Morgan fingerprint density at radius 2 is 2.00 bits per heavy atom. The van der Waals surface area contributed by atoms with Gasteiger partial charge < -0.3 is 10.1 Å². The van der Waals surface area contributed by atoms with Crippen LogP contribution in [0.3, 0.4) is 0 Å². The summed E-state index contributed by atoms with van der Waals surface area (Å²) in [4.78, 5) is 27.4. The Kier molecular flexibility index (Phi) is 5.05. The summed E-state index contributed by atoms with van der Waals surface area (Å²) >= 11 is 1.20. The van der Waals surface area contributed by atoms with Crippen LogP contribution in [0, 0.1) is 6.92 Å². The van der Waals surface area contributed by atoms with Crippen LogP contribution < -0.4 is 5.32 Å². The third-order valence-electron chi connectivity index (χ3n) is 2.72. The van der Waals surface area contributed by atoms with Gasteiger partial charge in [-0.25, -0.2) is 9.78 Å². The predicted molar refractivity (Wildman–Crippen MR) is 81.6 cm³/mol. The highest BCUT2D eigenvalue weighted by molar-refractivity contribution is 7.14. The number of aromatic nitrogens is 1. The molecule has 0 fully saturated rings. The fraction of sp³-hybridized carbons (Fsp3) is 0.267. The van der Waals surface area contributed by atoms with Gasteiger partial charge in [0, 0.05) is 5.38 Å². The topological polar surface area (TPSA) is 68.3 Å². The lowest BCUT2D eigenvalue weighted by atomic mass is 10.1. The van der Waals surface area contributed by atoms with Crippen molar-refractivity contribution in [3.05, 3.63) is 46.5 Å². The van der Waals surface area contributed by atoms with Crippen LogP contribution in [0.25, 0.3) is 0 Å². The minimum atomic E-state index is -0.479. The number of ether oxygens (including phenoxy) is 1. The number of carbonyl (C=O) groups excluding carboxylic acids is 2. The van der Waals surface area contributed by atoms with E-state index in [0.29, 0.717) is 11.7 Å². The van der Waals surface area contributed by atoms with E-state index in [9.17, 15) is 9.59 Å². The van der Waals surface area contributed by atoms with E-state index in [1.165, 1.54) is 11.3 Å². The molecule has 1 aromatic heterocycles. The molecule has 0 bridgehead atoms. The molecule has 0 aliphatic rings. The summed E-state index contributed by atoms with van der Waals surface area (Å²) in [7, 11) is 0. The van der Waals surface area contributed by atoms with Crippen LogP contribution in [0.15, 0.2) is 29.6 Å². The zero-order valence-electron chi connectivity index (χ0n) is 11.9. The first-order chi connectivity index (χ1) is 10.1. The predicted octanol–water partition coefficient (Wildman–Crippen LogP) is 2.81. The van der Waals surface area contributed by atoms with Gasteiger partial charge in [-0.2, -0.15) is 0 Å². The number of anilines is 1. The zero-order valence-corrected chi connectivity index (χ0v) is 12.7. The first kappa shape index (κ1) is 15.2. The number of rotatable bonds is 5. The van der Waals surface area contributed by atoms with Gasteiger partial charge in [-0.1, -0.05) is 29.8 Å². The van der Waals surface area contributed by atoms with Gasteiger partial charge in [-0.15, -0.1) is 11.3 Å². The number of esters is 1. The summed E-state index contributed by atoms with van der Waals surface area (Å²) in [6, 6.07) is 7.76. The van der Waals surface area contributed by atoms with Gasteiger partial charge in [-0.3, -0.25) is 4.79 Å². The first-order valence-electron chi connectivity index (χ1n) is 6.56. The molecule has 2 rings (SSSR count). The third-order valence-corrected chi connectivity index (χ3v) is 3.48. The molecule has 110 valence electrons. The molecule has 0 atom stereocenters. The van der Waals surface area contributed by atoms with Gasteiger partial charge in [0.15, 0.2) is 10.8 Å². The monoisotopic (exact) mass is 304 g/mol. The molecule has 0 saturated heterocycles. The second-order valence-corrected chi connectivity index (χ2v) is 5.33. The summed E-state index contributed by atoms with van der Waals surface area (Å²) < 4.78 is 4.85. The summed E-state index contributed by atoms with van der Waals surface area (Å²) in [5, 5.41) is 4.65. The van der Waals surface area contributed by atoms with Crippen molar-refractivity contribution in [3.63, 3.8) is 0 Å². The van der Waals surface area contributed by atoms with Gasteiger partial charge in [0.05, 0.1) is 13.0 Å². The lowest BCUT2D eigenvalue weighted by molar-refractivity contribution is -0.115. The molecule has 0 spiro atoms. The number of carbonyl (C=O) groups is 2. The molecule has 0 radical (unpaired) electrons. The number of hydrogen-bond donors (Lipinski definition) is 1. The number of thiazole rings is 1. The van der Waals surface area contributed by atoms with E-state index in [2.05, 4.69) is 10.3 Å². The summed E-state index contributed by atoms with van der Waals surface area (Å²) in [6.07, 6.45) is 0.272. The maximum Gasteiger partial charge on any atom is 0.357 e. The van der Waals surface area contributed by atoms with Crippen molar-refractivity contribution in [1.29, 1.82) is 0 Å². The molecule has 0 aliphatic heterocycles. The van der Waals surface area contributed by atoms with Crippen molar-refractivity contribution in [1.82, 2.24) is 4.98 Å². The molecule has 21 heavy (non-hydrogen) atoms. The van der Waals surface area contributed by atoms with Gasteiger partial charge in [-0.05, 0) is 19.4 Å². The molecule has 0 saturated carbocycles. The fourth-order valence-corrected chi connectivity index (χ4v) is 2.38. The van der Waals surface area contributed by atoms with E-state index in [4.69, 9.17) is 4.74 Å². The van der Waals surface area contributed by atoms with Crippen LogP contribution in [0.4, 0.5) is 5.13 Å².